The maximum atomic E-state index is 12.7. The van der Waals surface area contributed by atoms with Gasteiger partial charge in [0.25, 0.3) is 11.8 Å². The molecule has 0 unspecified atom stereocenters. The van der Waals surface area contributed by atoms with Crippen molar-refractivity contribution < 1.29 is 31.9 Å². The first-order valence-electron chi connectivity index (χ1n) is 9.48. The molecule has 3 aromatic rings. The summed E-state index contributed by atoms with van der Waals surface area (Å²) in [7, 11) is 0. The van der Waals surface area contributed by atoms with Crippen molar-refractivity contribution in [1.82, 2.24) is 10.6 Å². The summed E-state index contributed by atoms with van der Waals surface area (Å²) in [6.45, 7) is -1.41. The third-order valence-corrected chi connectivity index (χ3v) is 4.11. The van der Waals surface area contributed by atoms with Crippen molar-refractivity contribution in [3.05, 3.63) is 95.6 Å². The van der Waals surface area contributed by atoms with E-state index in [1.807, 2.05) is 0 Å². The minimum Gasteiger partial charge on any atom is -0.484 e. The fourth-order valence-corrected chi connectivity index (χ4v) is 2.65. The number of ether oxygens (including phenoxy) is 1. The van der Waals surface area contributed by atoms with E-state index in [-0.39, 0.29) is 18.0 Å². The fraction of sp³-hybridized carbons (Fsp3) is 0.130. The monoisotopic (exact) mass is 444 g/mol. The van der Waals surface area contributed by atoms with Crippen molar-refractivity contribution >= 4 is 17.9 Å². The van der Waals surface area contributed by atoms with Crippen LogP contribution in [0.4, 0.5) is 13.2 Å². The van der Waals surface area contributed by atoms with Gasteiger partial charge in [0, 0.05) is 18.2 Å². The van der Waals surface area contributed by atoms with Crippen LogP contribution in [0.5, 0.6) is 5.75 Å². The second-order valence-corrected chi connectivity index (χ2v) is 6.63. The lowest BCUT2D eigenvalue weighted by atomic mass is 10.2. The predicted molar refractivity (Wildman–Crippen MR) is 110 cm³/mol. The molecule has 0 fully saturated rings. The Kier molecular flexibility index (Phi) is 7.33. The molecule has 2 aromatic carbocycles. The van der Waals surface area contributed by atoms with Gasteiger partial charge in [0.05, 0.1) is 6.26 Å². The Morgan fingerprint density at radius 1 is 1.00 bits per heavy atom. The second-order valence-electron chi connectivity index (χ2n) is 6.63. The van der Waals surface area contributed by atoms with Crippen LogP contribution in [0.2, 0.25) is 0 Å². The number of furan rings is 1. The number of rotatable bonds is 8. The predicted octanol–water partition coefficient (Wildman–Crippen LogP) is 4.31. The van der Waals surface area contributed by atoms with E-state index in [9.17, 15) is 22.8 Å². The molecular weight excluding hydrogens is 425 g/mol. The number of carbonyl (C=O) groups is 2. The highest BCUT2D eigenvalue weighted by Gasteiger charge is 2.28. The molecule has 166 valence electrons. The Labute approximate surface area is 181 Å². The van der Waals surface area contributed by atoms with E-state index < -0.39 is 24.6 Å². The Balaban J connectivity index is 1.68. The molecule has 0 aliphatic heterocycles. The minimum atomic E-state index is -4.45. The van der Waals surface area contributed by atoms with Crippen molar-refractivity contribution in [1.29, 1.82) is 0 Å². The molecule has 2 N–H and O–H groups in total. The molecule has 32 heavy (non-hydrogen) atoms. The summed E-state index contributed by atoms with van der Waals surface area (Å²) in [5, 5.41) is 5.18. The number of amides is 2. The smallest absolute Gasteiger partial charge is 0.422 e. The van der Waals surface area contributed by atoms with Crippen LogP contribution >= 0.6 is 0 Å². The van der Waals surface area contributed by atoms with Gasteiger partial charge in [0.1, 0.15) is 17.2 Å². The Bertz CT molecular complexity index is 1080. The van der Waals surface area contributed by atoms with Gasteiger partial charge in [-0.2, -0.15) is 13.2 Å². The number of nitrogens with one attached hydrogen (secondary N) is 2. The molecule has 0 spiro atoms. The second kappa shape index (κ2) is 10.3. The summed E-state index contributed by atoms with van der Waals surface area (Å²) in [6.07, 6.45) is -1.65. The minimum absolute atomic E-state index is 0.00124. The quantitative estimate of drug-likeness (QED) is 0.508. The van der Waals surface area contributed by atoms with Crippen LogP contribution in [0.1, 0.15) is 21.7 Å². The topological polar surface area (TPSA) is 80.6 Å². The van der Waals surface area contributed by atoms with Crippen LogP contribution in [0.15, 0.2) is 83.1 Å². The van der Waals surface area contributed by atoms with Gasteiger partial charge >= 0.3 is 6.18 Å². The van der Waals surface area contributed by atoms with Crippen molar-refractivity contribution in [3.63, 3.8) is 0 Å². The SMILES string of the molecule is O=C(NCc1cccc(OCC(F)(F)F)c1)/C(=C/c1ccco1)NC(=O)c1ccccc1. The summed E-state index contributed by atoms with van der Waals surface area (Å²) in [5.41, 5.74) is 0.822. The van der Waals surface area contributed by atoms with E-state index in [0.717, 1.165) is 0 Å². The van der Waals surface area contributed by atoms with Crippen LogP contribution in [-0.4, -0.2) is 24.6 Å². The summed E-state index contributed by atoms with van der Waals surface area (Å²) in [6, 6.07) is 17.5. The van der Waals surface area contributed by atoms with E-state index in [1.165, 1.54) is 30.5 Å². The highest BCUT2D eigenvalue weighted by Crippen LogP contribution is 2.19. The van der Waals surface area contributed by atoms with Gasteiger partial charge in [-0.25, -0.2) is 0 Å². The van der Waals surface area contributed by atoms with Gasteiger partial charge in [-0.1, -0.05) is 30.3 Å². The first-order chi connectivity index (χ1) is 15.3. The largest absolute Gasteiger partial charge is 0.484 e. The molecule has 2 amide bonds. The van der Waals surface area contributed by atoms with Gasteiger partial charge in [-0.05, 0) is 42.0 Å². The lowest BCUT2D eigenvalue weighted by molar-refractivity contribution is -0.153. The van der Waals surface area contributed by atoms with Gasteiger partial charge in [0.2, 0.25) is 0 Å². The number of carbonyl (C=O) groups excluding carboxylic acids is 2. The van der Waals surface area contributed by atoms with Crippen molar-refractivity contribution in [2.45, 2.75) is 12.7 Å². The molecule has 0 aliphatic rings. The van der Waals surface area contributed by atoms with Crippen molar-refractivity contribution in [2.75, 3.05) is 6.61 Å². The van der Waals surface area contributed by atoms with Crippen LogP contribution in [0.25, 0.3) is 6.08 Å². The molecule has 1 heterocycles. The Morgan fingerprint density at radius 2 is 1.78 bits per heavy atom. The van der Waals surface area contributed by atoms with Gasteiger partial charge < -0.3 is 19.8 Å². The summed E-state index contributed by atoms with van der Waals surface area (Å²) in [4.78, 5) is 25.2. The maximum absolute atomic E-state index is 12.7. The third-order valence-electron chi connectivity index (χ3n) is 4.11. The number of halogens is 3. The van der Waals surface area contributed by atoms with Crippen LogP contribution in [0.3, 0.4) is 0 Å². The average Bonchev–Trinajstić information content (AvgIpc) is 3.29. The first kappa shape index (κ1) is 22.7. The molecule has 1 aromatic heterocycles. The van der Waals surface area contributed by atoms with Gasteiger partial charge in [0.15, 0.2) is 6.61 Å². The molecule has 0 saturated heterocycles. The van der Waals surface area contributed by atoms with E-state index in [1.54, 1.807) is 48.5 Å². The van der Waals surface area contributed by atoms with E-state index in [2.05, 4.69) is 10.6 Å². The zero-order valence-electron chi connectivity index (χ0n) is 16.7. The fourth-order valence-electron chi connectivity index (χ4n) is 2.65. The standard InChI is InChI=1S/C23H19F3N2O4/c24-23(25,26)15-32-18-9-4-6-16(12-18)14-27-22(30)20(13-19-10-5-11-31-19)28-21(29)17-7-2-1-3-8-17/h1-13H,14-15H2,(H,27,30)(H,28,29)/b20-13-. The molecule has 9 heteroatoms. The highest BCUT2D eigenvalue weighted by molar-refractivity contribution is 6.05. The van der Waals surface area contributed by atoms with E-state index >= 15 is 0 Å². The van der Waals surface area contributed by atoms with E-state index in [0.29, 0.717) is 16.9 Å². The molecule has 0 atom stereocenters. The van der Waals surface area contributed by atoms with Crippen LogP contribution < -0.4 is 15.4 Å². The molecule has 0 radical (unpaired) electrons. The van der Waals surface area contributed by atoms with Crippen molar-refractivity contribution in [2.24, 2.45) is 0 Å². The molecule has 0 bridgehead atoms. The van der Waals surface area contributed by atoms with Gasteiger partial charge in [-0.15, -0.1) is 0 Å². The number of hydrogen-bond donors (Lipinski definition) is 2. The van der Waals surface area contributed by atoms with Crippen LogP contribution in [-0.2, 0) is 11.3 Å². The number of benzene rings is 2. The number of alkyl halides is 3. The Morgan fingerprint density at radius 3 is 2.47 bits per heavy atom. The molecular formula is C23H19F3N2O4. The molecule has 6 nitrogen and oxygen atoms in total. The molecule has 0 aliphatic carbocycles. The number of hydrogen-bond acceptors (Lipinski definition) is 4. The molecule has 0 saturated carbocycles. The van der Waals surface area contributed by atoms with Crippen molar-refractivity contribution in [3.8, 4) is 5.75 Å². The zero-order valence-corrected chi connectivity index (χ0v) is 16.7. The summed E-state index contributed by atoms with van der Waals surface area (Å²) >= 11 is 0. The lowest BCUT2D eigenvalue weighted by Gasteiger charge is -2.12. The Hall–Kier alpha value is -4.01. The first-order valence-corrected chi connectivity index (χ1v) is 9.48. The maximum Gasteiger partial charge on any atom is 0.422 e. The van der Waals surface area contributed by atoms with Gasteiger partial charge in [-0.3, -0.25) is 9.59 Å². The normalized spacial score (nSPS) is 11.7. The summed E-state index contributed by atoms with van der Waals surface area (Å²) in [5.74, 6) is -0.711. The van der Waals surface area contributed by atoms with Crippen LogP contribution in [0, 0.1) is 0 Å². The highest BCUT2D eigenvalue weighted by atomic mass is 19.4. The summed E-state index contributed by atoms with van der Waals surface area (Å²) < 4.78 is 46.9. The lowest BCUT2D eigenvalue weighted by Crippen LogP contribution is -2.34. The average molecular weight is 444 g/mol. The van der Waals surface area contributed by atoms with E-state index in [4.69, 9.17) is 9.15 Å². The third kappa shape index (κ3) is 7.05. The zero-order chi connectivity index (χ0) is 23.0. The molecule has 3 rings (SSSR count).